The Kier molecular flexibility index (Phi) is 7.91. The summed E-state index contributed by atoms with van der Waals surface area (Å²) in [4.78, 5) is 41.8. The van der Waals surface area contributed by atoms with Crippen molar-refractivity contribution < 1.29 is 19.1 Å². The van der Waals surface area contributed by atoms with Gasteiger partial charge in [-0.15, -0.1) is 11.3 Å². The predicted molar refractivity (Wildman–Crippen MR) is 117 cm³/mol. The quantitative estimate of drug-likeness (QED) is 0.429. The van der Waals surface area contributed by atoms with Gasteiger partial charge in [-0.25, -0.2) is 4.98 Å². The van der Waals surface area contributed by atoms with Crippen LogP contribution in [0, 0.1) is 12.8 Å². The van der Waals surface area contributed by atoms with Crippen LogP contribution in [0.1, 0.15) is 71.2 Å². The van der Waals surface area contributed by atoms with E-state index < -0.39 is 0 Å². The molecule has 2 aromatic rings. The Hall–Kier alpha value is -2.34. The zero-order valence-electron chi connectivity index (χ0n) is 17.7. The van der Waals surface area contributed by atoms with Gasteiger partial charge in [-0.1, -0.05) is 37.0 Å². The van der Waals surface area contributed by atoms with Gasteiger partial charge in [-0.05, 0) is 38.3 Å². The summed E-state index contributed by atoms with van der Waals surface area (Å²) in [7, 11) is 0. The Labute approximate surface area is 181 Å². The lowest BCUT2D eigenvalue weighted by Gasteiger charge is -2.21. The molecule has 1 fully saturated rings. The smallest absolute Gasteiger partial charge is 0.311 e. The second-order valence-corrected chi connectivity index (χ2v) is 8.91. The van der Waals surface area contributed by atoms with Gasteiger partial charge in [0.1, 0.15) is 10.8 Å². The monoisotopic (exact) mass is 427 g/mol. The van der Waals surface area contributed by atoms with Gasteiger partial charge in [0, 0.05) is 23.3 Å². The summed E-state index contributed by atoms with van der Waals surface area (Å²) in [5.74, 6) is -0.0225. The van der Waals surface area contributed by atoms with E-state index in [2.05, 4.69) is 4.98 Å². The van der Waals surface area contributed by atoms with Gasteiger partial charge in [0.2, 0.25) is 0 Å². The van der Waals surface area contributed by atoms with Crippen LogP contribution in [0.25, 0.3) is 0 Å². The number of aryl methyl sites for hydroxylation is 1. The van der Waals surface area contributed by atoms with Crippen LogP contribution in [0.3, 0.4) is 0 Å². The van der Waals surface area contributed by atoms with E-state index in [0.717, 1.165) is 36.8 Å². The summed E-state index contributed by atoms with van der Waals surface area (Å²) in [5.41, 5.74) is 3.18. The van der Waals surface area contributed by atoms with Crippen molar-refractivity contribution in [3.8, 4) is 0 Å². The largest absolute Gasteiger partial charge is 0.466 e. The minimum atomic E-state index is -0.314. The summed E-state index contributed by atoms with van der Waals surface area (Å²) in [6.45, 7) is 4.08. The normalized spacial score (nSPS) is 14.5. The first-order chi connectivity index (χ1) is 14.5. The molecule has 1 aromatic carbocycles. The average molecular weight is 428 g/mol. The van der Waals surface area contributed by atoms with Crippen molar-refractivity contribution in [3.63, 3.8) is 0 Å². The molecule has 0 aliphatic heterocycles. The number of hydrogen-bond acceptors (Lipinski definition) is 6. The van der Waals surface area contributed by atoms with E-state index in [0.29, 0.717) is 22.9 Å². The number of Topliss-reactive ketones (excluding diaryl/α,β-unsaturated/α-hetero) is 2. The predicted octanol–water partition coefficient (Wildman–Crippen LogP) is 4.67. The maximum atomic E-state index is 13.1. The van der Waals surface area contributed by atoms with Crippen molar-refractivity contribution >= 4 is 28.9 Å². The minimum Gasteiger partial charge on any atom is -0.466 e. The molecule has 0 radical (unpaired) electrons. The third-order valence-corrected chi connectivity index (χ3v) is 6.37. The molecule has 1 aromatic heterocycles. The Bertz CT molecular complexity index is 912. The molecular formula is C24H29NO4S. The number of rotatable bonds is 9. The highest BCUT2D eigenvalue weighted by molar-refractivity contribution is 7.09. The van der Waals surface area contributed by atoms with Crippen molar-refractivity contribution in [2.45, 2.75) is 65.2 Å². The van der Waals surface area contributed by atoms with Crippen LogP contribution in [0.5, 0.6) is 0 Å². The van der Waals surface area contributed by atoms with Gasteiger partial charge in [0.05, 0.1) is 25.1 Å². The van der Waals surface area contributed by atoms with Gasteiger partial charge in [0.15, 0.2) is 5.78 Å². The van der Waals surface area contributed by atoms with Crippen LogP contribution in [-0.4, -0.2) is 29.1 Å². The summed E-state index contributed by atoms with van der Waals surface area (Å²) >= 11 is 1.38. The van der Waals surface area contributed by atoms with Crippen molar-refractivity contribution in [2.75, 3.05) is 6.61 Å². The molecule has 5 nitrogen and oxygen atoms in total. The molecule has 1 aliphatic carbocycles. The first kappa shape index (κ1) is 22.3. The lowest BCUT2D eigenvalue weighted by molar-refractivity contribution is -0.142. The van der Waals surface area contributed by atoms with Gasteiger partial charge >= 0.3 is 5.97 Å². The number of aromatic nitrogens is 1. The number of carbonyl (C=O) groups is 3. The number of ether oxygens (including phenoxy) is 1. The number of thiazole rings is 1. The number of hydrogen-bond donors (Lipinski definition) is 0. The van der Waals surface area contributed by atoms with E-state index in [1.807, 2.05) is 25.1 Å². The molecule has 0 spiro atoms. The second-order valence-electron chi connectivity index (χ2n) is 7.97. The molecule has 0 atom stereocenters. The van der Waals surface area contributed by atoms with Gasteiger partial charge in [0.25, 0.3) is 0 Å². The molecular weight excluding hydrogens is 398 g/mol. The Balaban J connectivity index is 1.66. The van der Waals surface area contributed by atoms with Crippen LogP contribution in [-0.2, 0) is 33.6 Å². The molecule has 1 aliphatic rings. The molecule has 3 rings (SSSR count). The van der Waals surface area contributed by atoms with E-state index in [1.54, 1.807) is 12.3 Å². The Morgan fingerprint density at radius 3 is 2.60 bits per heavy atom. The van der Waals surface area contributed by atoms with Crippen molar-refractivity contribution in [3.05, 3.63) is 51.0 Å². The van der Waals surface area contributed by atoms with Crippen LogP contribution < -0.4 is 0 Å². The van der Waals surface area contributed by atoms with Crippen molar-refractivity contribution in [1.82, 2.24) is 4.98 Å². The number of esters is 1. The fourth-order valence-electron chi connectivity index (χ4n) is 3.97. The minimum absolute atomic E-state index is 0.0218. The molecule has 0 amide bonds. The highest BCUT2D eigenvalue weighted by Crippen LogP contribution is 2.28. The summed E-state index contributed by atoms with van der Waals surface area (Å²) in [6.07, 6.45) is 5.86. The zero-order chi connectivity index (χ0) is 21.5. The summed E-state index contributed by atoms with van der Waals surface area (Å²) < 4.78 is 4.94. The fraction of sp³-hybridized carbons (Fsp3) is 0.500. The molecule has 0 unspecified atom stereocenters. The van der Waals surface area contributed by atoms with Crippen molar-refractivity contribution in [2.24, 2.45) is 5.92 Å². The fourth-order valence-corrected chi connectivity index (χ4v) is 4.80. The molecule has 0 saturated heterocycles. The zero-order valence-corrected chi connectivity index (χ0v) is 18.6. The number of ketones is 2. The Morgan fingerprint density at radius 2 is 1.87 bits per heavy atom. The average Bonchev–Trinajstić information content (AvgIpc) is 3.16. The maximum absolute atomic E-state index is 13.1. The SMILES string of the molecule is CCOC(=O)Cc1csc(CC(=O)Cc2ccc(C)cc2C(=O)C2CCCCC2)n1. The highest BCUT2D eigenvalue weighted by Gasteiger charge is 2.25. The van der Waals surface area contributed by atoms with Gasteiger partial charge in [-0.3, -0.25) is 14.4 Å². The highest BCUT2D eigenvalue weighted by atomic mass is 32.1. The number of benzene rings is 1. The standard InChI is InChI=1S/C24H29NO4S/c1-3-29-23(27)13-19-15-30-22(25-19)14-20(26)12-18-10-9-16(2)11-21(18)24(28)17-7-5-4-6-8-17/h9-11,15,17H,3-8,12-14H2,1-2H3. The Morgan fingerprint density at radius 1 is 1.10 bits per heavy atom. The van der Waals surface area contributed by atoms with E-state index in [1.165, 1.54) is 17.8 Å². The summed E-state index contributed by atoms with van der Waals surface area (Å²) in [6, 6.07) is 5.80. The number of nitrogens with zero attached hydrogens (tertiary/aromatic N) is 1. The van der Waals surface area contributed by atoms with Crippen molar-refractivity contribution in [1.29, 1.82) is 0 Å². The topological polar surface area (TPSA) is 73.3 Å². The molecule has 160 valence electrons. The van der Waals surface area contributed by atoms with Crippen LogP contribution >= 0.6 is 11.3 Å². The molecule has 6 heteroatoms. The molecule has 30 heavy (non-hydrogen) atoms. The second kappa shape index (κ2) is 10.6. The lowest BCUT2D eigenvalue weighted by atomic mass is 9.82. The maximum Gasteiger partial charge on any atom is 0.311 e. The van der Waals surface area contributed by atoms with Crippen LogP contribution in [0.15, 0.2) is 23.6 Å². The molecule has 1 heterocycles. The first-order valence-corrected chi connectivity index (χ1v) is 11.6. The van der Waals surface area contributed by atoms with Gasteiger partial charge in [-0.2, -0.15) is 0 Å². The van der Waals surface area contributed by atoms with Gasteiger partial charge < -0.3 is 4.74 Å². The lowest BCUT2D eigenvalue weighted by Crippen LogP contribution is -2.20. The molecule has 0 N–H and O–H groups in total. The molecule has 0 bridgehead atoms. The van der Waals surface area contributed by atoms with E-state index >= 15 is 0 Å². The first-order valence-electron chi connectivity index (χ1n) is 10.7. The summed E-state index contributed by atoms with van der Waals surface area (Å²) in [5, 5.41) is 2.48. The molecule has 1 saturated carbocycles. The third kappa shape index (κ3) is 6.08. The third-order valence-electron chi connectivity index (χ3n) is 5.47. The van der Waals surface area contributed by atoms with Crippen LogP contribution in [0.4, 0.5) is 0 Å². The number of carbonyl (C=O) groups excluding carboxylic acids is 3. The van der Waals surface area contributed by atoms with E-state index in [9.17, 15) is 14.4 Å². The van der Waals surface area contributed by atoms with E-state index in [-0.39, 0.29) is 42.7 Å². The van der Waals surface area contributed by atoms with E-state index in [4.69, 9.17) is 4.74 Å². The van der Waals surface area contributed by atoms with Crippen LogP contribution in [0.2, 0.25) is 0 Å².